The van der Waals surface area contributed by atoms with Crippen LogP contribution >= 0.6 is 0 Å². The van der Waals surface area contributed by atoms with Crippen LogP contribution in [0.4, 0.5) is 0 Å². The van der Waals surface area contributed by atoms with Crippen molar-refractivity contribution in [1.29, 1.82) is 0 Å². The van der Waals surface area contributed by atoms with Crippen molar-refractivity contribution in [2.24, 2.45) is 5.73 Å². The molecule has 0 bridgehead atoms. The van der Waals surface area contributed by atoms with Gasteiger partial charge in [0.15, 0.2) is 0 Å². The Morgan fingerprint density at radius 2 is 2.20 bits per heavy atom. The number of rotatable bonds is 1. The van der Waals surface area contributed by atoms with Gasteiger partial charge >= 0.3 is 0 Å². The van der Waals surface area contributed by atoms with E-state index in [1.165, 1.54) is 10.8 Å². The van der Waals surface area contributed by atoms with Gasteiger partial charge in [-0.1, -0.05) is 0 Å². The summed E-state index contributed by atoms with van der Waals surface area (Å²) in [4.78, 5) is 7.33. The lowest BCUT2D eigenvalue weighted by atomic mass is 10.1. The summed E-state index contributed by atoms with van der Waals surface area (Å²) >= 11 is 0. The number of nitrogens with two attached hydrogens (primary N) is 1. The van der Waals surface area contributed by atoms with Crippen LogP contribution in [-0.2, 0) is 6.54 Å². The van der Waals surface area contributed by atoms with Crippen LogP contribution in [0.5, 0.6) is 0 Å². The minimum atomic E-state index is 0.566. The first-order valence-electron chi connectivity index (χ1n) is 4.92. The summed E-state index contributed by atoms with van der Waals surface area (Å²) in [5, 5.41) is 3.55. The molecule has 74 valence electrons. The molecule has 3 nitrogen and oxygen atoms in total. The van der Waals surface area contributed by atoms with Crippen LogP contribution < -0.4 is 5.73 Å². The van der Waals surface area contributed by atoms with E-state index in [2.05, 4.69) is 22.1 Å². The molecule has 0 aliphatic carbocycles. The number of aromatic nitrogens is 2. The van der Waals surface area contributed by atoms with Crippen LogP contribution in [0, 0.1) is 0 Å². The van der Waals surface area contributed by atoms with Gasteiger partial charge in [-0.15, -0.1) is 0 Å². The van der Waals surface area contributed by atoms with E-state index >= 15 is 0 Å². The Balaban J connectivity index is 2.45. The lowest BCUT2D eigenvalue weighted by Gasteiger charge is -1.98. The molecule has 0 unspecified atom stereocenters. The van der Waals surface area contributed by atoms with Gasteiger partial charge in [-0.05, 0) is 29.1 Å². The van der Waals surface area contributed by atoms with Gasteiger partial charge in [-0.25, -0.2) is 0 Å². The van der Waals surface area contributed by atoms with Crippen molar-refractivity contribution in [1.82, 2.24) is 9.97 Å². The Bertz CT molecular complexity index is 625. The first-order valence-corrected chi connectivity index (χ1v) is 4.92. The summed E-state index contributed by atoms with van der Waals surface area (Å²) in [5.41, 5.74) is 7.95. The number of nitrogens with one attached hydrogen (secondary N) is 1. The van der Waals surface area contributed by atoms with Crippen molar-refractivity contribution in [3.8, 4) is 0 Å². The van der Waals surface area contributed by atoms with Gasteiger partial charge in [0, 0.05) is 41.4 Å². The molecule has 3 N–H and O–H groups in total. The predicted molar refractivity (Wildman–Crippen MR) is 61.5 cm³/mol. The molecule has 0 atom stereocenters. The second kappa shape index (κ2) is 3.07. The molecule has 0 aliphatic rings. The van der Waals surface area contributed by atoms with Crippen molar-refractivity contribution in [2.45, 2.75) is 6.54 Å². The average Bonchev–Trinajstić information content (AvgIpc) is 2.68. The third-order valence-corrected chi connectivity index (χ3v) is 2.74. The van der Waals surface area contributed by atoms with Crippen LogP contribution in [-0.4, -0.2) is 9.97 Å². The molecule has 1 aromatic carbocycles. The van der Waals surface area contributed by atoms with E-state index in [9.17, 15) is 0 Å². The highest BCUT2D eigenvalue weighted by atomic mass is 14.7. The Hall–Kier alpha value is -1.87. The lowest BCUT2D eigenvalue weighted by molar-refractivity contribution is 1.08. The van der Waals surface area contributed by atoms with Gasteiger partial charge in [-0.3, -0.25) is 4.98 Å². The standard InChI is InChI=1S/C12H11N3/c13-5-10-7-15-12-4-9-6-14-2-1-8(9)3-11(10)12/h1-4,6-7,15H,5,13H2. The number of nitrogens with zero attached hydrogens (tertiary/aromatic N) is 1. The molecule has 15 heavy (non-hydrogen) atoms. The van der Waals surface area contributed by atoms with E-state index in [-0.39, 0.29) is 0 Å². The zero-order valence-corrected chi connectivity index (χ0v) is 8.20. The Morgan fingerprint density at radius 3 is 3.07 bits per heavy atom. The molecule has 3 rings (SSSR count). The molecule has 2 heterocycles. The van der Waals surface area contributed by atoms with Crippen molar-refractivity contribution < 1.29 is 0 Å². The van der Waals surface area contributed by atoms with Gasteiger partial charge in [0.2, 0.25) is 0 Å². The summed E-state index contributed by atoms with van der Waals surface area (Å²) in [6, 6.07) is 6.28. The second-order valence-electron chi connectivity index (χ2n) is 3.64. The number of hydrogen-bond donors (Lipinski definition) is 2. The minimum absolute atomic E-state index is 0.566. The summed E-state index contributed by atoms with van der Waals surface area (Å²) < 4.78 is 0. The fraction of sp³-hybridized carbons (Fsp3) is 0.0833. The fourth-order valence-corrected chi connectivity index (χ4v) is 1.93. The van der Waals surface area contributed by atoms with Crippen molar-refractivity contribution in [2.75, 3.05) is 0 Å². The highest BCUT2D eigenvalue weighted by Gasteiger charge is 2.03. The maximum Gasteiger partial charge on any atom is 0.0464 e. The molecule has 3 aromatic rings. The molecule has 2 aromatic heterocycles. The van der Waals surface area contributed by atoms with Gasteiger partial charge < -0.3 is 10.7 Å². The molecular formula is C12H11N3. The zero-order chi connectivity index (χ0) is 10.3. The molecular weight excluding hydrogens is 186 g/mol. The van der Waals surface area contributed by atoms with Crippen LogP contribution in [0.25, 0.3) is 21.7 Å². The quantitative estimate of drug-likeness (QED) is 0.628. The molecule has 0 spiro atoms. The number of H-pyrrole nitrogens is 1. The summed E-state index contributed by atoms with van der Waals surface area (Å²) in [5.74, 6) is 0. The molecule has 0 fully saturated rings. The SMILES string of the molecule is NCc1c[nH]c2cc3cnccc3cc12. The summed E-state index contributed by atoms with van der Waals surface area (Å²) in [6.45, 7) is 0.566. The van der Waals surface area contributed by atoms with E-state index in [0.29, 0.717) is 6.54 Å². The Labute approximate surface area is 86.9 Å². The zero-order valence-electron chi connectivity index (χ0n) is 8.20. The van der Waals surface area contributed by atoms with E-state index in [1.54, 1.807) is 0 Å². The van der Waals surface area contributed by atoms with Crippen LogP contribution in [0.1, 0.15) is 5.56 Å². The van der Waals surface area contributed by atoms with Gasteiger partial charge in [0.1, 0.15) is 0 Å². The fourth-order valence-electron chi connectivity index (χ4n) is 1.93. The number of benzene rings is 1. The Kier molecular flexibility index (Phi) is 1.73. The van der Waals surface area contributed by atoms with Crippen LogP contribution in [0.2, 0.25) is 0 Å². The molecule has 0 saturated carbocycles. The van der Waals surface area contributed by atoms with Crippen molar-refractivity contribution in [3.63, 3.8) is 0 Å². The molecule has 3 heteroatoms. The highest BCUT2D eigenvalue weighted by Crippen LogP contribution is 2.23. The summed E-state index contributed by atoms with van der Waals surface area (Å²) in [7, 11) is 0. The van der Waals surface area contributed by atoms with E-state index in [0.717, 1.165) is 16.5 Å². The highest BCUT2D eigenvalue weighted by molar-refractivity contribution is 5.97. The van der Waals surface area contributed by atoms with Gasteiger partial charge in [0.05, 0.1) is 0 Å². The normalized spacial score (nSPS) is 11.3. The lowest BCUT2D eigenvalue weighted by Crippen LogP contribution is -1.93. The largest absolute Gasteiger partial charge is 0.361 e. The smallest absolute Gasteiger partial charge is 0.0464 e. The van der Waals surface area contributed by atoms with Gasteiger partial charge in [-0.2, -0.15) is 0 Å². The van der Waals surface area contributed by atoms with E-state index in [4.69, 9.17) is 5.73 Å². The Morgan fingerprint density at radius 1 is 1.27 bits per heavy atom. The third kappa shape index (κ3) is 1.21. The van der Waals surface area contributed by atoms with Crippen molar-refractivity contribution in [3.05, 3.63) is 42.4 Å². The maximum atomic E-state index is 5.67. The third-order valence-electron chi connectivity index (χ3n) is 2.74. The average molecular weight is 197 g/mol. The topological polar surface area (TPSA) is 54.7 Å². The number of aromatic amines is 1. The van der Waals surface area contributed by atoms with Gasteiger partial charge in [0.25, 0.3) is 0 Å². The minimum Gasteiger partial charge on any atom is -0.361 e. The van der Waals surface area contributed by atoms with Crippen molar-refractivity contribution >= 4 is 21.7 Å². The monoisotopic (exact) mass is 197 g/mol. The molecule has 0 amide bonds. The van der Waals surface area contributed by atoms with Crippen LogP contribution in [0.15, 0.2) is 36.8 Å². The van der Waals surface area contributed by atoms with E-state index < -0.39 is 0 Å². The number of fused-ring (bicyclic) bond motifs is 2. The first kappa shape index (κ1) is 8.44. The number of pyridine rings is 1. The van der Waals surface area contributed by atoms with Crippen LogP contribution in [0.3, 0.4) is 0 Å². The first-order chi connectivity index (χ1) is 7.38. The van der Waals surface area contributed by atoms with E-state index in [1.807, 2.05) is 24.7 Å². The second-order valence-corrected chi connectivity index (χ2v) is 3.64. The molecule has 0 saturated heterocycles. The summed E-state index contributed by atoms with van der Waals surface area (Å²) in [6.07, 6.45) is 5.65. The molecule has 0 radical (unpaired) electrons. The maximum absolute atomic E-state index is 5.67. The number of hydrogen-bond acceptors (Lipinski definition) is 2. The molecule has 0 aliphatic heterocycles. The predicted octanol–water partition coefficient (Wildman–Crippen LogP) is 2.17.